The summed E-state index contributed by atoms with van der Waals surface area (Å²) in [4.78, 5) is 25.3. The molecule has 5 N–H and O–H groups in total. The Kier molecular flexibility index (Phi) is 31.4. The van der Waals surface area contributed by atoms with Crippen LogP contribution in [0.4, 0.5) is 52.0 Å². The van der Waals surface area contributed by atoms with Crippen molar-refractivity contribution in [3.05, 3.63) is 127 Å². The Morgan fingerprint density at radius 1 is 0.598 bits per heavy atom. The first-order chi connectivity index (χ1) is 36.6. The number of nitrogens with one attached hydrogen (secondary N) is 4. The van der Waals surface area contributed by atoms with E-state index in [9.17, 15) is 63.2 Å². The maximum Gasteiger partial charge on any atom is 1.00 e. The largest absolute Gasteiger partial charge is 1.00 e. The Bertz CT molecular complexity index is 3800. The topological polar surface area (TPSA) is 433 Å². The molecule has 0 bridgehead atoms. The van der Waals surface area contributed by atoms with Crippen molar-refractivity contribution >= 4 is 133 Å². The van der Waals surface area contributed by atoms with Crippen molar-refractivity contribution in [1.82, 2.24) is 15.0 Å². The molecule has 1 amide bonds. The van der Waals surface area contributed by atoms with Crippen molar-refractivity contribution < 1.29 is 209 Å². The van der Waals surface area contributed by atoms with E-state index in [1.165, 1.54) is 103 Å². The maximum absolute atomic E-state index is 13.1. The number of aromatic nitrogens is 3. The van der Waals surface area contributed by atoms with Gasteiger partial charge in [0.05, 0.1) is 62.0 Å². The third-order valence-corrected chi connectivity index (χ3v) is 15.6. The summed E-state index contributed by atoms with van der Waals surface area (Å²) in [6.07, 6.45) is 0. The second kappa shape index (κ2) is 34.3. The minimum Gasteiger partial charge on any atom is -0.744 e. The number of carbonyl (C=O) groups is 1. The smallest absolute Gasteiger partial charge is 0.744 e. The number of nitrogens with zero attached hydrogens (tertiary/aromatic N) is 5. The molecule has 0 aliphatic carbocycles. The molecular formula is C43H37N9Na4O20S6. The Morgan fingerprint density at radius 3 is 1.73 bits per heavy atom. The van der Waals surface area contributed by atoms with E-state index in [1.807, 2.05) is 0 Å². The Labute approximate surface area is 565 Å². The number of benzene rings is 6. The second-order valence-electron chi connectivity index (χ2n) is 15.0. The molecule has 0 saturated heterocycles. The molecule has 82 heavy (non-hydrogen) atoms. The van der Waals surface area contributed by atoms with Gasteiger partial charge < -0.3 is 46.0 Å². The maximum atomic E-state index is 13.1. The number of azo groups is 1. The average molecular weight is 1280 g/mol. The molecule has 414 valence electrons. The van der Waals surface area contributed by atoms with Crippen LogP contribution in [0.2, 0.25) is 0 Å². The van der Waals surface area contributed by atoms with Gasteiger partial charge in [-0.25, -0.2) is 33.7 Å². The number of anilines is 7. The van der Waals surface area contributed by atoms with Gasteiger partial charge in [-0.3, -0.25) is 23.2 Å². The van der Waals surface area contributed by atoms with E-state index in [0.29, 0.717) is 28.8 Å². The Hall–Kier alpha value is -3.04. The van der Waals surface area contributed by atoms with Gasteiger partial charge in [-0.05, 0) is 115 Å². The molecule has 0 spiro atoms. The number of hydrogen-bond acceptors (Lipinski definition) is 30. The van der Waals surface area contributed by atoms with E-state index in [-0.39, 0.29) is 211 Å². The Balaban J connectivity index is 0.00000459. The summed E-state index contributed by atoms with van der Waals surface area (Å²) >= 11 is 0.545. The van der Waals surface area contributed by atoms with E-state index in [2.05, 4.69) is 69.4 Å². The van der Waals surface area contributed by atoms with Crippen LogP contribution in [0.25, 0.3) is 10.8 Å². The van der Waals surface area contributed by atoms with Crippen molar-refractivity contribution in [3.63, 3.8) is 0 Å². The van der Waals surface area contributed by atoms with Crippen LogP contribution >= 0.6 is 24.4 Å². The standard InChI is InChI=1S/C42H37N9O20S6.CH4.4Na/c52-38-35-16-13-31(46-42-48-40(47-41(49-42)45-30-4-2-6-34(24-30)76(60,61)62)44-27-11-14-32(15-12-27)74(56,57)19-17-66-73-71-69-55)21-26(35)22-36(72-70-68-54)37(38)51-50-28-9-7-25(8-10-28)39(53)43-29-3-1-5-33(23-29)75(58,59)20-18-67-77(63,64)65;;;;;/h1-16,21-24,52,54-55H,17-20H2,(H,43,53)(H,60,61,62)(H,63,64,65)(H3,44,45,46,47,48,49);1H4;;;;/q;;4*+1/p-4. The van der Waals surface area contributed by atoms with Crippen molar-refractivity contribution in [1.29, 1.82) is 0 Å². The number of hydrogen-bond donors (Lipinski definition) is 5. The van der Waals surface area contributed by atoms with Crippen molar-refractivity contribution in [2.24, 2.45) is 10.2 Å². The number of carbonyl (C=O) groups excluding carboxylic acids is 1. The van der Waals surface area contributed by atoms with Crippen LogP contribution in [0.1, 0.15) is 17.8 Å². The molecule has 0 aliphatic heterocycles. The second-order valence-corrected chi connectivity index (χ2v) is 22.9. The van der Waals surface area contributed by atoms with E-state index in [4.69, 9.17) is 4.18 Å². The summed E-state index contributed by atoms with van der Waals surface area (Å²) in [5.41, 5.74) is 0.879. The first-order valence-electron chi connectivity index (χ1n) is 21.0. The molecule has 1 aromatic heterocycles. The summed E-state index contributed by atoms with van der Waals surface area (Å²) in [6.45, 7) is -1.25. The number of sulfone groups is 2. The van der Waals surface area contributed by atoms with Crippen LogP contribution in [0.15, 0.2) is 151 Å². The molecule has 0 saturated carbocycles. The van der Waals surface area contributed by atoms with E-state index in [1.54, 1.807) is 0 Å². The normalized spacial score (nSPS) is 11.5. The Morgan fingerprint density at radius 2 is 1.13 bits per heavy atom. The summed E-state index contributed by atoms with van der Waals surface area (Å²) in [5, 5.41) is 59.1. The molecule has 7 rings (SSSR count). The monoisotopic (exact) mass is 1280 g/mol. The number of aromatic hydroxyl groups is 1. The minimum absolute atomic E-state index is 0. The molecule has 29 nitrogen and oxygen atoms in total. The third kappa shape index (κ3) is 22.3. The van der Waals surface area contributed by atoms with E-state index >= 15 is 0 Å². The summed E-state index contributed by atoms with van der Waals surface area (Å²) in [6, 6.07) is 26.9. The van der Waals surface area contributed by atoms with Crippen molar-refractivity contribution in [3.8, 4) is 5.75 Å². The average Bonchev–Trinajstić information content (AvgIpc) is 3.42. The first-order valence-corrected chi connectivity index (χ1v) is 28.4. The van der Waals surface area contributed by atoms with Crippen molar-refractivity contribution in [2.45, 2.75) is 27.0 Å². The van der Waals surface area contributed by atoms with Gasteiger partial charge in [0.2, 0.25) is 28.2 Å². The van der Waals surface area contributed by atoms with Gasteiger partial charge in [-0.1, -0.05) is 19.6 Å². The van der Waals surface area contributed by atoms with Gasteiger partial charge >= 0.3 is 118 Å². The zero-order valence-electron chi connectivity index (χ0n) is 42.3. The van der Waals surface area contributed by atoms with Crippen LogP contribution in [0.5, 0.6) is 5.75 Å². The number of fused-ring (bicyclic) bond motifs is 1. The fourth-order valence-corrected chi connectivity index (χ4v) is 10.4. The molecular weight excluding hydrogens is 1250 g/mol. The molecule has 0 radical (unpaired) electrons. The number of amides is 1. The van der Waals surface area contributed by atoms with E-state index in [0.717, 1.165) is 18.2 Å². The van der Waals surface area contributed by atoms with Crippen LogP contribution < -0.4 is 150 Å². The predicted molar refractivity (Wildman–Crippen MR) is 271 cm³/mol. The van der Waals surface area contributed by atoms with Gasteiger partial charge in [0.1, 0.15) is 15.8 Å². The van der Waals surface area contributed by atoms with Gasteiger partial charge in [-0.2, -0.15) is 24.4 Å². The quantitative estimate of drug-likeness (QED) is 0.00492. The molecule has 0 unspecified atom stereocenters. The summed E-state index contributed by atoms with van der Waals surface area (Å²) < 4.78 is 136. The molecule has 0 fully saturated rings. The molecule has 0 aliphatic rings. The predicted octanol–water partition coefficient (Wildman–Crippen LogP) is -6.76. The van der Waals surface area contributed by atoms with Crippen LogP contribution in [0.3, 0.4) is 0 Å². The summed E-state index contributed by atoms with van der Waals surface area (Å²) in [5.74, 6) is -2.81. The first kappa shape index (κ1) is 75.1. The molecule has 0 atom stereocenters. The van der Waals surface area contributed by atoms with Crippen LogP contribution in [-0.4, -0.2) is 93.5 Å². The van der Waals surface area contributed by atoms with Gasteiger partial charge in [-0.15, -0.1) is 9.45 Å². The van der Waals surface area contributed by atoms with Gasteiger partial charge in [0, 0.05) is 33.7 Å². The van der Waals surface area contributed by atoms with Gasteiger partial charge in [0.25, 0.3) is 5.91 Å². The summed E-state index contributed by atoms with van der Waals surface area (Å²) in [7, 11) is -17.9. The fourth-order valence-electron chi connectivity index (χ4n) is 6.49. The third-order valence-electron chi connectivity index (χ3n) is 9.91. The molecule has 39 heteroatoms. The minimum atomic E-state index is -5.11. The SMILES string of the molecule is C.O=C(Nc1cccc(S(=O)(=O)CCOS(=O)(=O)[O-])c1)c1ccc(N=Nc2c(SOO[O-])cc3cc(Nc4nc(Nc5ccc(S(=O)(=O)CCOSOO[O-])cc5)nc(Nc5cccc(S(=O)(=O)[O-])c5)n4)ccc3c2O)cc1.[Na+].[Na+].[Na+].[Na+]. The van der Waals surface area contributed by atoms with Crippen LogP contribution in [0, 0.1) is 0 Å². The number of phenols is 1. The van der Waals surface area contributed by atoms with Gasteiger partial charge in [0.15, 0.2) is 37.7 Å². The van der Waals surface area contributed by atoms with Crippen LogP contribution in [-0.2, 0) is 67.3 Å². The molecule has 6 aromatic carbocycles. The number of rotatable bonds is 26. The van der Waals surface area contributed by atoms with Crippen molar-refractivity contribution in [2.75, 3.05) is 46.0 Å². The molecule has 1 heterocycles. The van der Waals surface area contributed by atoms with E-state index < -0.39 is 74.9 Å². The number of phenolic OH excluding ortho intramolecular Hbond substituents is 1. The zero-order valence-corrected chi connectivity index (χ0v) is 55.2. The fraction of sp³-hybridized carbons (Fsp3) is 0.116. The zero-order chi connectivity index (χ0) is 55.4. The molecule has 7 aromatic rings.